The Hall–Kier alpha value is -2.65. The van der Waals surface area contributed by atoms with E-state index in [-0.39, 0.29) is 32.0 Å². The molecule has 1 saturated carbocycles. The van der Waals surface area contributed by atoms with Gasteiger partial charge in [-0.15, -0.1) is 0 Å². The second kappa shape index (κ2) is 13.2. The maximum atomic E-state index is 13.3. The molecule has 1 aromatic carbocycles. The van der Waals surface area contributed by atoms with Crippen molar-refractivity contribution in [1.29, 1.82) is 0 Å². The van der Waals surface area contributed by atoms with Crippen molar-refractivity contribution in [2.45, 2.75) is 57.6 Å². The molecule has 3 N–H and O–H groups in total. The number of hydrogen-bond acceptors (Lipinski definition) is 6. The van der Waals surface area contributed by atoms with Crippen LogP contribution in [0.2, 0.25) is 0 Å². The van der Waals surface area contributed by atoms with E-state index in [1.165, 1.54) is 7.11 Å². The lowest BCUT2D eigenvalue weighted by molar-refractivity contribution is -0.145. The SMILES string of the molecule is COCC[C@H](CC1(C(=O)N[C@@H](COCc2ccc(OC)cc2)CC(=O)O)CCCC1)C(=O)O. The monoisotopic (exact) mass is 465 g/mol. The molecule has 9 heteroatoms. The molecule has 1 fully saturated rings. The summed E-state index contributed by atoms with van der Waals surface area (Å²) < 4.78 is 15.8. The van der Waals surface area contributed by atoms with Gasteiger partial charge in [-0.05, 0) is 43.4 Å². The Labute approximate surface area is 194 Å². The molecule has 0 unspecified atom stereocenters. The maximum Gasteiger partial charge on any atom is 0.306 e. The predicted molar refractivity (Wildman–Crippen MR) is 120 cm³/mol. The number of methoxy groups -OCH3 is 2. The van der Waals surface area contributed by atoms with E-state index in [0.29, 0.717) is 25.9 Å². The quantitative estimate of drug-likeness (QED) is 0.360. The molecule has 0 aliphatic heterocycles. The number of ether oxygens (including phenoxy) is 3. The minimum Gasteiger partial charge on any atom is -0.497 e. The number of aliphatic carboxylic acids is 2. The molecule has 2 atom stereocenters. The minimum atomic E-state index is -1.04. The second-order valence-corrected chi connectivity index (χ2v) is 8.64. The normalized spacial score (nSPS) is 16.7. The molecule has 1 aliphatic rings. The number of carboxylic acids is 2. The Morgan fingerprint density at radius 2 is 1.76 bits per heavy atom. The molecular weight excluding hydrogens is 430 g/mol. The van der Waals surface area contributed by atoms with Crippen LogP contribution in [0.5, 0.6) is 5.75 Å². The third kappa shape index (κ3) is 8.33. The summed E-state index contributed by atoms with van der Waals surface area (Å²) in [5.74, 6) is -2.25. The van der Waals surface area contributed by atoms with Crippen LogP contribution in [0, 0.1) is 11.3 Å². The zero-order valence-electron chi connectivity index (χ0n) is 19.4. The van der Waals surface area contributed by atoms with Crippen molar-refractivity contribution in [3.05, 3.63) is 29.8 Å². The van der Waals surface area contributed by atoms with E-state index in [1.807, 2.05) is 24.3 Å². The van der Waals surface area contributed by atoms with E-state index in [1.54, 1.807) is 7.11 Å². The zero-order valence-corrected chi connectivity index (χ0v) is 19.4. The van der Waals surface area contributed by atoms with E-state index in [9.17, 15) is 24.6 Å². The van der Waals surface area contributed by atoms with Crippen LogP contribution in [0.1, 0.15) is 50.5 Å². The average Bonchev–Trinajstić information content (AvgIpc) is 3.26. The standard InChI is InChI=1S/C24H35NO8/c1-31-12-9-18(22(28)29)14-24(10-3-4-11-24)23(30)25-19(13-21(26)27)16-33-15-17-5-7-20(32-2)8-6-17/h5-8,18-19H,3-4,9-16H2,1-2H3,(H,25,30)(H,26,27)(H,28,29)/t18-,19-/m1/s1. The second-order valence-electron chi connectivity index (χ2n) is 8.64. The Balaban J connectivity index is 2.02. The summed E-state index contributed by atoms with van der Waals surface area (Å²) in [6, 6.07) is 6.60. The third-order valence-electron chi connectivity index (χ3n) is 6.20. The topological polar surface area (TPSA) is 131 Å². The van der Waals surface area contributed by atoms with Crippen LogP contribution in [0.4, 0.5) is 0 Å². The number of carbonyl (C=O) groups excluding carboxylic acids is 1. The average molecular weight is 466 g/mol. The van der Waals surface area contributed by atoms with Gasteiger partial charge in [0.15, 0.2) is 0 Å². The largest absolute Gasteiger partial charge is 0.497 e. The number of benzene rings is 1. The van der Waals surface area contributed by atoms with Gasteiger partial charge in [-0.1, -0.05) is 25.0 Å². The Morgan fingerprint density at radius 3 is 2.30 bits per heavy atom. The molecule has 2 rings (SSSR count). The van der Waals surface area contributed by atoms with Crippen molar-refractivity contribution in [2.75, 3.05) is 27.4 Å². The fourth-order valence-corrected chi connectivity index (χ4v) is 4.36. The lowest BCUT2D eigenvalue weighted by atomic mass is 9.75. The van der Waals surface area contributed by atoms with Crippen LogP contribution < -0.4 is 10.1 Å². The fourth-order valence-electron chi connectivity index (χ4n) is 4.36. The fraction of sp³-hybridized carbons (Fsp3) is 0.625. The first-order chi connectivity index (χ1) is 15.8. The molecule has 0 bridgehead atoms. The van der Waals surface area contributed by atoms with Crippen LogP contribution in [-0.2, 0) is 30.5 Å². The first-order valence-electron chi connectivity index (χ1n) is 11.2. The molecular formula is C24H35NO8. The highest BCUT2D eigenvalue weighted by Gasteiger charge is 2.44. The van der Waals surface area contributed by atoms with E-state index in [4.69, 9.17) is 14.2 Å². The molecule has 1 aliphatic carbocycles. The molecule has 0 saturated heterocycles. The Kier molecular flexibility index (Phi) is 10.6. The van der Waals surface area contributed by atoms with Gasteiger partial charge in [0, 0.05) is 13.7 Å². The summed E-state index contributed by atoms with van der Waals surface area (Å²) in [6.07, 6.45) is 3.10. The molecule has 0 heterocycles. The number of rotatable bonds is 15. The molecule has 9 nitrogen and oxygen atoms in total. The molecule has 0 aromatic heterocycles. The van der Waals surface area contributed by atoms with Crippen LogP contribution in [0.15, 0.2) is 24.3 Å². The smallest absolute Gasteiger partial charge is 0.306 e. The molecule has 0 spiro atoms. The van der Waals surface area contributed by atoms with Crippen molar-refractivity contribution >= 4 is 17.8 Å². The first-order valence-corrected chi connectivity index (χ1v) is 11.2. The van der Waals surface area contributed by atoms with Crippen LogP contribution in [0.25, 0.3) is 0 Å². The lowest BCUT2D eigenvalue weighted by Crippen LogP contribution is -2.48. The van der Waals surface area contributed by atoms with Gasteiger partial charge in [0.2, 0.25) is 5.91 Å². The summed E-state index contributed by atoms with van der Waals surface area (Å²) in [5, 5.41) is 21.8. The highest BCUT2D eigenvalue weighted by molar-refractivity contribution is 5.84. The summed E-state index contributed by atoms with van der Waals surface area (Å²) in [5.41, 5.74) is 0.0784. The maximum absolute atomic E-state index is 13.3. The van der Waals surface area contributed by atoms with E-state index in [2.05, 4.69) is 5.32 Å². The van der Waals surface area contributed by atoms with Crippen molar-refractivity contribution in [2.24, 2.45) is 11.3 Å². The Morgan fingerprint density at radius 1 is 1.09 bits per heavy atom. The number of carboxylic acid groups (broad SMARTS) is 2. The van der Waals surface area contributed by atoms with Gasteiger partial charge >= 0.3 is 11.9 Å². The molecule has 33 heavy (non-hydrogen) atoms. The molecule has 1 aromatic rings. The van der Waals surface area contributed by atoms with Crippen LogP contribution in [0.3, 0.4) is 0 Å². The number of carbonyl (C=O) groups is 3. The van der Waals surface area contributed by atoms with Crippen LogP contribution >= 0.6 is 0 Å². The van der Waals surface area contributed by atoms with Crippen molar-refractivity contribution in [3.8, 4) is 5.75 Å². The zero-order chi connectivity index (χ0) is 24.3. The summed E-state index contributed by atoms with van der Waals surface area (Å²) in [6.45, 7) is 0.598. The summed E-state index contributed by atoms with van der Waals surface area (Å²) in [4.78, 5) is 36.4. The van der Waals surface area contributed by atoms with Gasteiger partial charge in [0.1, 0.15) is 5.75 Å². The lowest BCUT2D eigenvalue weighted by Gasteiger charge is -2.32. The van der Waals surface area contributed by atoms with Gasteiger partial charge in [-0.25, -0.2) is 0 Å². The van der Waals surface area contributed by atoms with E-state index < -0.39 is 29.3 Å². The highest BCUT2D eigenvalue weighted by atomic mass is 16.5. The van der Waals surface area contributed by atoms with Gasteiger partial charge in [-0.2, -0.15) is 0 Å². The predicted octanol–water partition coefficient (Wildman–Crippen LogP) is 2.86. The van der Waals surface area contributed by atoms with Gasteiger partial charge < -0.3 is 29.7 Å². The summed E-state index contributed by atoms with van der Waals surface area (Å²) in [7, 11) is 3.09. The van der Waals surface area contributed by atoms with Crippen molar-refractivity contribution < 1.29 is 38.8 Å². The number of amides is 1. The first kappa shape index (κ1) is 26.6. The van der Waals surface area contributed by atoms with E-state index >= 15 is 0 Å². The molecule has 1 amide bonds. The number of hydrogen-bond donors (Lipinski definition) is 3. The third-order valence-corrected chi connectivity index (χ3v) is 6.20. The Bertz CT molecular complexity index is 773. The summed E-state index contributed by atoms with van der Waals surface area (Å²) >= 11 is 0. The van der Waals surface area contributed by atoms with Crippen molar-refractivity contribution in [1.82, 2.24) is 5.32 Å². The highest BCUT2D eigenvalue weighted by Crippen LogP contribution is 2.44. The molecule has 0 radical (unpaired) electrons. The van der Waals surface area contributed by atoms with Crippen molar-refractivity contribution in [3.63, 3.8) is 0 Å². The molecule has 184 valence electrons. The van der Waals surface area contributed by atoms with E-state index in [0.717, 1.165) is 24.2 Å². The number of nitrogens with one attached hydrogen (secondary N) is 1. The van der Waals surface area contributed by atoms with Crippen LogP contribution in [-0.4, -0.2) is 61.5 Å². The van der Waals surface area contributed by atoms with Gasteiger partial charge in [-0.3, -0.25) is 14.4 Å². The minimum absolute atomic E-state index is 0.0339. The van der Waals surface area contributed by atoms with Gasteiger partial charge in [0.25, 0.3) is 0 Å². The van der Waals surface area contributed by atoms with Gasteiger partial charge in [0.05, 0.1) is 44.1 Å².